The van der Waals surface area contributed by atoms with E-state index in [-0.39, 0.29) is 5.37 Å². The van der Waals surface area contributed by atoms with E-state index in [2.05, 4.69) is 5.10 Å². The lowest BCUT2D eigenvalue weighted by atomic mass is 10.1. The minimum Gasteiger partial charge on any atom is -0.323 e. The summed E-state index contributed by atoms with van der Waals surface area (Å²) in [5.74, 6) is 5.09. The summed E-state index contributed by atoms with van der Waals surface area (Å²) in [6.07, 6.45) is 0. The maximum atomic E-state index is 12.3. The molecule has 0 bridgehead atoms. The van der Waals surface area contributed by atoms with Gasteiger partial charge >= 0.3 is 0 Å². The van der Waals surface area contributed by atoms with Crippen LogP contribution < -0.4 is 5.84 Å². The zero-order chi connectivity index (χ0) is 12.9. The molecule has 0 aromatic heterocycles. The van der Waals surface area contributed by atoms with Gasteiger partial charge in [0.05, 0.1) is 5.55 Å². The highest BCUT2D eigenvalue weighted by molar-refractivity contribution is 8.12. The van der Waals surface area contributed by atoms with Gasteiger partial charge in [-0.05, 0) is 26.3 Å². The fourth-order valence-corrected chi connectivity index (χ4v) is 2.26. The molecule has 0 aliphatic rings. The summed E-state index contributed by atoms with van der Waals surface area (Å²) in [6, 6.07) is 9.61. The average molecular weight is 252 g/mol. The fourth-order valence-electron chi connectivity index (χ4n) is 1.33. The van der Waals surface area contributed by atoms with Crippen molar-refractivity contribution < 1.29 is 5.21 Å². The molecular formula is C12H18N3OS. The van der Waals surface area contributed by atoms with Crippen LogP contribution in [0.15, 0.2) is 35.4 Å². The Hall–Kier alpha value is -1.04. The normalized spacial score (nSPS) is 14.4. The predicted octanol–water partition coefficient (Wildman–Crippen LogP) is 2.77. The van der Waals surface area contributed by atoms with Crippen molar-refractivity contribution in [3.63, 3.8) is 0 Å². The minimum atomic E-state index is -0.462. The maximum Gasteiger partial charge on any atom is 0.115 e. The third-order valence-corrected chi connectivity index (χ3v) is 3.17. The molecule has 4 nitrogen and oxygen atoms in total. The second kappa shape index (κ2) is 6.05. The molecule has 0 spiro atoms. The second-order valence-corrected chi connectivity index (χ2v) is 5.58. The zero-order valence-electron chi connectivity index (χ0n) is 10.3. The van der Waals surface area contributed by atoms with Crippen molar-refractivity contribution in [1.29, 1.82) is 0 Å². The van der Waals surface area contributed by atoms with Crippen LogP contribution in [0.1, 0.15) is 31.7 Å². The Morgan fingerprint density at radius 2 is 1.94 bits per heavy atom. The predicted molar refractivity (Wildman–Crippen MR) is 71.7 cm³/mol. The molecular weight excluding hydrogens is 234 g/mol. The average Bonchev–Trinajstić information content (AvgIpc) is 2.29. The van der Waals surface area contributed by atoms with Crippen LogP contribution in [-0.4, -0.2) is 16.1 Å². The highest BCUT2D eigenvalue weighted by atomic mass is 32.2. The van der Waals surface area contributed by atoms with Crippen molar-refractivity contribution in [1.82, 2.24) is 5.06 Å². The largest absolute Gasteiger partial charge is 0.323 e. The van der Waals surface area contributed by atoms with Gasteiger partial charge in [-0.2, -0.15) is 5.10 Å². The lowest BCUT2D eigenvalue weighted by Gasteiger charge is -2.33. The van der Waals surface area contributed by atoms with Crippen LogP contribution in [0.3, 0.4) is 0 Å². The van der Waals surface area contributed by atoms with Crippen LogP contribution in [0.4, 0.5) is 0 Å². The summed E-state index contributed by atoms with van der Waals surface area (Å²) in [6.45, 7) is 5.66. The molecule has 0 aliphatic carbocycles. The molecule has 1 atom stereocenters. The number of hydrogen-bond donors (Lipinski definition) is 1. The molecule has 1 aromatic carbocycles. The Bertz CT molecular complexity index is 362. The van der Waals surface area contributed by atoms with Gasteiger partial charge in [0.2, 0.25) is 0 Å². The Labute approximate surface area is 106 Å². The van der Waals surface area contributed by atoms with Crippen molar-refractivity contribution in [2.75, 3.05) is 0 Å². The first-order valence-corrected chi connectivity index (χ1v) is 6.29. The number of benzene rings is 1. The van der Waals surface area contributed by atoms with Crippen LogP contribution in [0, 0.1) is 0 Å². The smallest absolute Gasteiger partial charge is 0.115 e. The van der Waals surface area contributed by atoms with Gasteiger partial charge in [-0.15, -0.1) is 10.3 Å². The number of thioether (sulfide) groups is 1. The van der Waals surface area contributed by atoms with E-state index in [9.17, 15) is 5.21 Å². The quantitative estimate of drug-likeness (QED) is 0.295. The maximum absolute atomic E-state index is 12.3. The van der Waals surface area contributed by atoms with Crippen molar-refractivity contribution in [2.24, 2.45) is 10.9 Å². The van der Waals surface area contributed by atoms with E-state index in [4.69, 9.17) is 5.84 Å². The standard InChI is InChI=1S/C12H18N3OS/c1-12(2,3)15(16)11(17-9-14-13)10-7-5-4-6-8-10/h4-9,11H,13H2,1-3H3/b14-9-. The van der Waals surface area contributed by atoms with Gasteiger partial charge in [0, 0.05) is 5.54 Å². The highest BCUT2D eigenvalue weighted by Gasteiger charge is 2.30. The molecule has 0 saturated carbocycles. The number of hydroxylamine groups is 2. The second-order valence-electron chi connectivity index (χ2n) is 4.65. The van der Waals surface area contributed by atoms with Crippen molar-refractivity contribution in [2.45, 2.75) is 31.7 Å². The number of nitrogens with two attached hydrogens (primary N) is 1. The van der Waals surface area contributed by atoms with E-state index >= 15 is 0 Å². The van der Waals surface area contributed by atoms with Crippen molar-refractivity contribution in [3.05, 3.63) is 35.9 Å². The molecule has 1 rings (SSSR count). The fraction of sp³-hybridized carbons (Fsp3) is 0.417. The van der Waals surface area contributed by atoms with Gasteiger partial charge in [-0.1, -0.05) is 42.1 Å². The van der Waals surface area contributed by atoms with Crippen LogP contribution in [0.25, 0.3) is 0 Å². The summed E-state index contributed by atoms with van der Waals surface area (Å²) in [7, 11) is 0. The monoisotopic (exact) mass is 252 g/mol. The number of hydrazone groups is 1. The minimum absolute atomic E-state index is 0.330. The Kier molecular flexibility index (Phi) is 4.99. The first-order chi connectivity index (χ1) is 7.96. The van der Waals surface area contributed by atoms with Crippen LogP contribution in [0.2, 0.25) is 0 Å². The molecule has 0 amide bonds. The number of hydrogen-bond acceptors (Lipinski definition) is 4. The van der Waals surface area contributed by atoms with Gasteiger partial charge in [0.1, 0.15) is 5.37 Å². The molecule has 17 heavy (non-hydrogen) atoms. The highest BCUT2D eigenvalue weighted by Crippen LogP contribution is 2.34. The number of rotatable bonds is 4. The van der Waals surface area contributed by atoms with Gasteiger partial charge in [0.25, 0.3) is 0 Å². The lowest BCUT2D eigenvalue weighted by Crippen LogP contribution is -2.39. The van der Waals surface area contributed by atoms with E-state index in [1.165, 1.54) is 17.3 Å². The van der Waals surface area contributed by atoms with Gasteiger partial charge in [-0.25, -0.2) is 0 Å². The summed E-state index contributed by atoms with van der Waals surface area (Å²) in [5.41, 5.74) is 1.98. The first kappa shape index (κ1) is 14.0. The van der Waals surface area contributed by atoms with E-state index in [1.54, 1.807) is 0 Å². The van der Waals surface area contributed by atoms with E-state index in [0.717, 1.165) is 10.6 Å². The van der Waals surface area contributed by atoms with Crippen molar-refractivity contribution in [3.8, 4) is 0 Å². The summed E-state index contributed by atoms with van der Waals surface area (Å²) >= 11 is 1.31. The topological polar surface area (TPSA) is 61.5 Å². The van der Waals surface area contributed by atoms with Crippen molar-refractivity contribution >= 4 is 17.3 Å². The van der Waals surface area contributed by atoms with Gasteiger partial charge < -0.3 is 5.84 Å². The van der Waals surface area contributed by atoms with Gasteiger partial charge in [-0.3, -0.25) is 0 Å². The molecule has 2 N–H and O–H groups in total. The van der Waals surface area contributed by atoms with Crippen LogP contribution >= 0.6 is 11.8 Å². The van der Waals surface area contributed by atoms with E-state index in [0.29, 0.717) is 0 Å². The molecule has 0 heterocycles. The SMILES string of the molecule is CC(C)(C)N([O])C(S/C=N\N)c1ccccc1. The molecule has 0 fully saturated rings. The summed E-state index contributed by atoms with van der Waals surface area (Å²) < 4.78 is 0. The molecule has 1 unspecified atom stereocenters. The Balaban J connectivity index is 2.96. The Morgan fingerprint density at radius 1 is 1.35 bits per heavy atom. The van der Waals surface area contributed by atoms with E-state index < -0.39 is 5.54 Å². The van der Waals surface area contributed by atoms with Crippen LogP contribution in [0.5, 0.6) is 0 Å². The number of nitrogens with zero attached hydrogens (tertiary/aromatic N) is 2. The molecule has 0 aliphatic heterocycles. The van der Waals surface area contributed by atoms with E-state index in [1.807, 2.05) is 51.1 Å². The zero-order valence-corrected chi connectivity index (χ0v) is 11.1. The molecule has 5 heteroatoms. The molecule has 0 saturated heterocycles. The molecule has 1 aromatic rings. The van der Waals surface area contributed by atoms with Crippen LogP contribution in [-0.2, 0) is 5.21 Å². The summed E-state index contributed by atoms with van der Waals surface area (Å²) in [5, 5.41) is 16.4. The third-order valence-electron chi connectivity index (χ3n) is 2.21. The first-order valence-electron chi connectivity index (χ1n) is 5.35. The summed E-state index contributed by atoms with van der Waals surface area (Å²) in [4.78, 5) is 0. The molecule has 93 valence electrons. The lowest BCUT2D eigenvalue weighted by molar-refractivity contribution is -0.222. The Morgan fingerprint density at radius 3 is 2.41 bits per heavy atom. The third kappa shape index (κ3) is 4.03. The van der Waals surface area contributed by atoms with Gasteiger partial charge in [0.15, 0.2) is 0 Å². The molecule has 1 radical (unpaired) electrons.